The van der Waals surface area contributed by atoms with Gasteiger partial charge in [0.05, 0.1) is 10.2 Å². The van der Waals surface area contributed by atoms with Gasteiger partial charge in [0, 0.05) is 30.3 Å². The summed E-state index contributed by atoms with van der Waals surface area (Å²) in [4.78, 5) is 0. The van der Waals surface area contributed by atoms with Crippen LogP contribution in [0.4, 0.5) is 4.39 Å². The molecular weight excluding hydrogens is 333 g/mol. The average Bonchev–Trinajstić information content (AvgIpc) is 2.95. The van der Waals surface area contributed by atoms with Gasteiger partial charge in [0.2, 0.25) is 0 Å². The molecule has 0 radical (unpaired) electrons. The van der Waals surface area contributed by atoms with Gasteiger partial charge >= 0.3 is 0 Å². The first-order chi connectivity index (χ1) is 10.1. The molecule has 1 aromatic carbocycles. The zero-order valence-electron chi connectivity index (χ0n) is 12.6. The Hall–Kier alpha value is -1.20. The molecular formula is C16H21BrFN3. The Morgan fingerprint density at radius 3 is 2.81 bits per heavy atom. The van der Waals surface area contributed by atoms with Crippen LogP contribution in [0.3, 0.4) is 0 Å². The molecule has 5 heteroatoms. The highest BCUT2D eigenvalue weighted by Crippen LogP contribution is 2.26. The summed E-state index contributed by atoms with van der Waals surface area (Å²) in [6.45, 7) is 4.28. The molecule has 2 rings (SSSR count). The predicted molar refractivity (Wildman–Crippen MR) is 86.8 cm³/mol. The van der Waals surface area contributed by atoms with E-state index in [1.165, 1.54) is 0 Å². The van der Waals surface area contributed by atoms with E-state index in [4.69, 9.17) is 0 Å². The normalized spacial score (nSPS) is 14.1. The van der Waals surface area contributed by atoms with E-state index in [-0.39, 0.29) is 11.9 Å². The van der Waals surface area contributed by atoms with Crippen LogP contribution in [0.2, 0.25) is 0 Å². The molecule has 0 aliphatic carbocycles. The van der Waals surface area contributed by atoms with Crippen LogP contribution in [-0.4, -0.2) is 16.8 Å². The monoisotopic (exact) mass is 353 g/mol. The van der Waals surface area contributed by atoms with E-state index < -0.39 is 0 Å². The van der Waals surface area contributed by atoms with E-state index in [1.807, 2.05) is 36.1 Å². The molecule has 1 aromatic heterocycles. The molecule has 3 nitrogen and oxygen atoms in total. The first-order valence-corrected chi connectivity index (χ1v) is 8.01. The van der Waals surface area contributed by atoms with Crippen molar-refractivity contribution in [3.8, 4) is 0 Å². The third-order valence-electron chi connectivity index (χ3n) is 3.82. The molecule has 0 aliphatic rings. The van der Waals surface area contributed by atoms with Gasteiger partial charge in [-0.25, -0.2) is 4.39 Å². The highest BCUT2D eigenvalue weighted by atomic mass is 79.9. The summed E-state index contributed by atoms with van der Waals surface area (Å²) in [5.74, 6) is -0.210. The molecule has 0 aliphatic heterocycles. The maximum atomic E-state index is 14.2. The minimum atomic E-state index is -0.210. The fourth-order valence-electron chi connectivity index (χ4n) is 2.29. The molecule has 1 N–H and O–H groups in total. The molecule has 2 aromatic rings. The molecule has 0 saturated heterocycles. The Labute approximate surface area is 133 Å². The van der Waals surface area contributed by atoms with Crippen molar-refractivity contribution in [2.24, 2.45) is 0 Å². The van der Waals surface area contributed by atoms with Gasteiger partial charge in [0.1, 0.15) is 5.82 Å². The Balaban J connectivity index is 2.19. The van der Waals surface area contributed by atoms with Gasteiger partial charge in [0.25, 0.3) is 0 Å². The zero-order chi connectivity index (χ0) is 15.4. The summed E-state index contributed by atoms with van der Waals surface area (Å²) in [6, 6.07) is 7.67. The van der Waals surface area contributed by atoms with Gasteiger partial charge in [-0.1, -0.05) is 19.1 Å². The minimum Gasteiger partial charge on any atom is -0.313 e. The maximum absolute atomic E-state index is 14.2. The molecule has 0 saturated carbocycles. The third kappa shape index (κ3) is 3.71. The lowest BCUT2D eigenvalue weighted by Crippen LogP contribution is -2.20. The number of likely N-dealkylation sites (N-methyl/N-ethyl adjacent to an activating group) is 1. The van der Waals surface area contributed by atoms with Gasteiger partial charge in [-0.2, -0.15) is 5.10 Å². The summed E-state index contributed by atoms with van der Waals surface area (Å²) in [6.07, 6.45) is 3.69. The van der Waals surface area contributed by atoms with Crippen molar-refractivity contribution in [1.82, 2.24) is 15.1 Å². The highest BCUT2D eigenvalue weighted by molar-refractivity contribution is 9.10. The molecule has 2 atom stereocenters. The van der Waals surface area contributed by atoms with E-state index in [0.717, 1.165) is 12.1 Å². The van der Waals surface area contributed by atoms with Crippen LogP contribution in [0, 0.1) is 5.82 Å². The highest BCUT2D eigenvalue weighted by Gasteiger charge is 2.17. The van der Waals surface area contributed by atoms with Gasteiger partial charge in [-0.05, 0) is 48.5 Å². The number of halogens is 2. The number of hydrogen-bond donors (Lipinski definition) is 1. The average molecular weight is 354 g/mol. The van der Waals surface area contributed by atoms with Crippen molar-refractivity contribution in [2.45, 2.75) is 38.8 Å². The number of hydrogen-bond acceptors (Lipinski definition) is 2. The smallest absolute Gasteiger partial charge is 0.142 e. The van der Waals surface area contributed by atoms with Gasteiger partial charge in [0.15, 0.2) is 0 Å². The van der Waals surface area contributed by atoms with Crippen LogP contribution in [0.1, 0.15) is 43.6 Å². The molecule has 114 valence electrons. The van der Waals surface area contributed by atoms with Gasteiger partial charge < -0.3 is 5.32 Å². The predicted octanol–water partition coefficient (Wildman–Crippen LogP) is 4.26. The third-order valence-corrected chi connectivity index (χ3v) is 4.44. The van der Waals surface area contributed by atoms with Crippen LogP contribution in [-0.2, 0) is 6.42 Å². The first-order valence-electron chi connectivity index (χ1n) is 7.22. The number of nitrogens with one attached hydrogen (secondary N) is 1. The molecule has 0 spiro atoms. The number of benzene rings is 1. The van der Waals surface area contributed by atoms with Crippen molar-refractivity contribution in [3.05, 3.63) is 52.0 Å². The summed E-state index contributed by atoms with van der Waals surface area (Å²) >= 11 is 3.24. The van der Waals surface area contributed by atoms with Crippen molar-refractivity contribution in [1.29, 1.82) is 0 Å². The van der Waals surface area contributed by atoms with Gasteiger partial charge in [-0.15, -0.1) is 0 Å². The largest absolute Gasteiger partial charge is 0.313 e. The van der Waals surface area contributed by atoms with Crippen LogP contribution < -0.4 is 5.32 Å². The van der Waals surface area contributed by atoms with Crippen molar-refractivity contribution in [3.63, 3.8) is 0 Å². The van der Waals surface area contributed by atoms with Crippen LogP contribution in [0.25, 0.3) is 0 Å². The lowest BCUT2D eigenvalue weighted by atomic mass is 10.0. The van der Waals surface area contributed by atoms with Crippen molar-refractivity contribution in [2.75, 3.05) is 7.05 Å². The molecule has 0 bridgehead atoms. The van der Waals surface area contributed by atoms with Crippen molar-refractivity contribution < 1.29 is 4.39 Å². The van der Waals surface area contributed by atoms with Crippen LogP contribution in [0.15, 0.2) is 34.9 Å². The van der Waals surface area contributed by atoms with E-state index in [0.29, 0.717) is 22.5 Å². The summed E-state index contributed by atoms with van der Waals surface area (Å²) in [7, 11) is 1.84. The zero-order valence-corrected chi connectivity index (χ0v) is 14.2. The molecule has 0 amide bonds. The van der Waals surface area contributed by atoms with E-state index in [2.05, 4.69) is 40.2 Å². The standard InChI is InChI=1S/C16H21BrFN3/c1-4-11(2)21-9-8-12(20-21)10-15(19-3)13-6-5-7-14(17)16(13)18/h5-9,11,15,19H,4,10H2,1-3H3. The van der Waals surface area contributed by atoms with Crippen LogP contribution in [0.5, 0.6) is 0 Å². The van der Waals surface area contributed by atoms with Crippen LogP contribution >= 0.6 is 15.9 Å². The minimum absolute atomic E-state index is 0.0946. The SMILES string of the molecule is CCC(C)n1ccc(CC(NC)c2cccc(Br)c2F)n1. The Kier molecular flexibility index (Phi) is 5.53. The fraction of sp³-hybridized carbons (Fsp3) is 0.438. The molecule has 2 unspecified atom stereocenters. The topological polar surface area (TPSA) is 29.9 Å². The molecule has 21 heavy (non-hydrogen) atoms. The summed E-state index contributed by atoms with van der Waals surface area (Å²) in [5.41, 5.74) is 1.62. The number of rotatable bonds is 6. The molecule has 0 fully saturated rings. The second kappa shape index (κ2) is 7.18. The van der Waals surface area contributed by atoms with Crippen molar-refractivity contribution >= 4 is 15.9 Å². The summed E-state index contributed by atoms with van der Waals surface area (Å²) < 4.78 is 16.7. The Morgan fingerprint density at radius 1 is 1.38 bits per heavy atom. The lowest BCUT2D eigenvalue weighted by Gasteiger charge is -2.17. The van der Waals surface area contributed by atoms with E-state index in [9.17, 15) is 4.39 Å². The lowest BCUT2D eigenvalue weighted by molar-refractivity contribution is 0.467. The Morgan fingerprint density at radius 2 is 2.14 bits per heavy atom. The Bertz CT molecular complexity index is 597. The van der Waals surface area contributed by atoms with E-state index in [1.54, 1.807) is 6.07 Å². The van der Waals surface area contributed by atoms with Gasteiger partial charge in [-0.3, -0.25) is 4.68 Å². The molecule has 1 heterocycles. The first kappa shape index (κ1) is 16.2. The number of aromatic nitrogens is 2. The number of nitrogens with zero attached hydrogens (tertiary/aromatic N) is 2. The maximum Gasteiger partial charge on any atom is 0.142 e. The second-order valence-electron chi connectivity index (χ2n) is 5.23. The van der Waals surface area contributed by atoms with E-state index >= 15 is 0 Å². The fourth-order valence-corrected chi connectivity index (χ4v) is 2.67. The second-order valence-corrected chi connectivity index (χ2v) is 6.09. The summed E-state index contributed by atoms with van der Waals surface area (Å²) in [5, 5.41) is 7.77. The quantitative estimate of drug-likeness (QED) is 0.840.